The van der Waals surface area contributed by atoms with Gasteiger partial charge in [-0.3, -0.25) is 10.1 Å². The number of amides is 3. The minimum absolute atomic E-state index is 0.195. The van der Waals surface area contributed by atoms with Crippen molar-refractivity contribution in [1.82, 2.24) is 25.2 Å². The van der Waals surface area contributed by atoms with E-state index >= 15 is 0 Å². The maximum absolute atomic E-state index is 12.3. The molecule has 0 bridgehead atoms. The summed E-state index contributed by atoms with van der Waals surface area (Å²) in [5.41, 5.74) is 3.74. The van der Waals surface area contributed by atoms with Crippen LogP contribution in [0, 0.1) is 0 Å². The van der Waals surface area contributed by atoms with Crippen molar-refractivity contribution in [2.45, 2.75) is 11.8 Å². The Labute approximate surface area is 177 Å². The third-order valence-corrected chi connectivity index (χ3v) is 5.74. The first-order valence-electron chi connectivity index (χ1n) is 9.89. The molecule has 2 fully saturated rings. The molecule has 10 heteroatoms. The molecule has 3 aromatic rings. The second kappa shape index (κ2) is 7.38. The summed E-state index contributed by atoms with van der Waals surface area (Å²) in [6.45, 7) is 1.68. The molecule has 3 amide bonds. The molecule has 1 atom stereocenters. The number of hydrogen-bond acceptors (Lipinski definition) is 7. The minimum atomic E-state index is -0.572. The molecule has 0 spiro atoms. The van der Waals surface area contributed by atoms with E-state index in [0.29, 0.717) is 16.9 Å². The lowest BCUT2D eigenvalue weighted by molar-refractivity contribution is -0.122. The van der Waals surface area contributed by atoms with Gasteiger partial charge in [0.1, 0.15) is 0 Å². The molecule has 0 radical (unpaired) electrons. The third kappa shape index (κ3) is 3.35. The van der Waals surface area contributed by atoms with Crippen LogP contribution in [0.4, 0.5) is 10.5 Å². The number of nitrogens with zero attached hydrogens (tertiary/aromatic N) is 4. The predicted molar refractivity (Wildman–Crippen MR) is 110 cm³/mol. The number of benzene rings is 1. The maximum Gasteiger partial charge on any atom is 0.337 e. The van der Waals surface area contributed by atoms with Gasteiger partial charge in [-0.1, -0.05) is 12.1 Å². The average molecular weight is 420 g/mol. The van der Waals surface area contributed by atoms with Crippen LogP contribution in [0.25, 0.3) is 5.65 Å². The molecule has 1 aromatic carbocycles. The van der Waals surface area contributed by atoms with Crippen molar-refractivity contribution in [3.8, 4) is 0 Å². The molecular formula is C21H20N6O4. The van der Waals surface area contributed by atoms with Crippen LogP contribution in [0.1, 0.15) is 33.5 Å². The third-order valence-electron chi connectivity index (χ3n) is 5.74. The summed E-state index contributed by atoms with van der Waals surface area (Å²) in [7, 11) is 1.37. The monoisotopic (exact) mass is 420 g/mol. The Morgan fingerprint density at radius 2 is 2.06 bits per heavy atom. The van der Waals surface area contributed by atoms with Gasteiger partial charge in [0.15, 0.2) is 5.65 Å². The van der Waals surface area contributed by atoms with Crippen LogP contribution in [0.3, 0.4) is 0 Å². The Bertz CT molecular complexity index is 1200. The van der Waals surface area contributed by atoms with Gasteiger partial charge < -0.3 is 15.0 Å². The van der Waals surface area contributed by atoms with Gasteiger partial charge in [0.25, 0.3) is 0 Å². The Morgan fingerprint density at radius 1 is 1.23 bits per heavy atom. The Hall–Kier alpha value is -3.95. The van der Waals surface area contributed by atoms with E-state index in [9.17, 15) is 14.4 Å². The standard InChI is InChI=1S/C21H20N6O4/c1-31-20(29)13-4-2-3-12(7-13)14-10-26(11-14)17-8-16(25-27-6-5-22-18(17)27)15-9-23-21(30)24-19(15)28/h2-8,14-15H,9-11H2,1H3,(H2,23,24,28,30). The lowest BCUT2D eigenvalue weighted by Crippen LogP contribution is -2.51. The van der Waals surface area contributed by atoms with Crippen molar-refractivity contribution in [3.63, 3.8) is 0 Å². The van der Waals surface area contributed by atoms with Crippen LogP contribution >= 0.6 is 0 Å². The van der Waals surface area contributed by atoms with Gasteiger partial charge in [-0.2, -0.15) is 5.10 Å². The highest BCUT2D eigenvalue weighted by Crippen LogP contribution is 2.35. The van der Waals surface area contributed by atoms with E-state index in [-0.39, 0.29) is 24.3 Å². The van der Waals surface area contributed by atoms with E-state index in [1.54, 1.807) is 23.0 Å². The highest BCUT2D eigenvalue weighted by molar-refractivity contribution is 6.00. The highest BCUT2D eigenvalue weighted by atomic mass is 16.5. The van der Waals surface area contributed by atoms with Crippen LogP contribution in [0.5, 0.6) is 0 Å². The summed E-state index contributed by atoms with van der Waals surface area (Å²) >= 11 is 0. The van der Waals surface area contributed by atoms with Crippen molar-refractivity contribution >= 4 is 29.2 Å². The van der Waals surface area contributed by atoms with E-state index < -0.39 is 11.9 Å². The molecule has 5 rings (SSSR count). The van der Waals surface area contributed by atoms with Gasteiger partial charge in [0.05, 0.1) is 30.0 Å². The molecular weight excluding hydrogens is 400 g/mol. The molecule has 2 aliphatic rings. The second-order valence-electron chi connectivity index (χ2n) is 7.62. The quantitative estimate of drug-likeness (QED) is 0.606. The normalized spacial score (nSPS) is 19.0. The number of methoxy groups -OCH3 is 1. The van der Waals surface area contributed by atoms with E-state index in [1.165, 1.54) is 7.11 Å². The predicted octanol–water partition coefficient (Wildman–Crippen LogP) is 1.04. The molecule has 0 saturated carbocycles. The fourth-order valence-electron chi connectivity index (χ4n) is 4.01. The van der Waals surface area contributed by atoms with E-state index in [4.69, 9.17) is 4.74 Å². The number of rotatable bonds is 4. The van der Waals surface area contributed by atoms with Gasteiger partial charge in [-0.25, -0.2) is 19.1 Å². The van der Waals surface area contributed by atoms with E-state index in [1.807, 2.05) is 24.3 Å². The lowest BCUT2D eigenvalue weighted by atomic mass is 9.89. The number of anilines is 1. The zero-order chi connectivity index (χ0) is 21.5. The topological polar surface area (TPSA) is 118 Å². The summed E-state index contributed by atoms with van der Waals surface area (Å²) in [6.07, 6.45) is 3.40. The van der Waals surface area contributed by atoms with Gasteiger partial charge in [-0.05, 0) is 23.8 Å². The molecule has 4 heterocycles. The summed E-state index contributed by atoms with van der Waals surface area (Å²) in [6, 6.07) is 8.84. The van der Waals surface area contributed by atoms with Crippen molar-refractivity contribution in [3.05, 3.63) is 59.5 Å². The first-order chi connectivity index (χ1) is 15.0. The molecule has 158 valence electrons. The van der Waals surface area contributed by atoms with Crippen molar-refractivity contribution in [2.75, 3.05) is 31.6 Å². The number of esters is 1. The number of nitrogens with one attached hydrogen (secondary N) is 2. The van der Waals surface area contributed by atoms with E-state index in [2.05, 4.69) is 25.6 Å². The molecule has 2 N–H and O–H groups in total. The van der Waals surface area contributed by atoms with Crippen molar-refractivity contribution in [2.24, 2.45) is 0 Å². The van der Waals surface area contributed by atoms with Crippen LogP contribution in [-0.2, 0) is 9.53 Å². The lowest BCUT2D eigenvalue weighted by Gasteiger charge is -2.41. The number of fused-ring (bicyclic) bond motifs is 1. The molecule has 2 saturated heterocycles. The SMILES string of the molecule is COC(=O)c1cccc(C2CN(c3cc(C4CNC(=O)NC4=O)nn4ccnc34)C2)c1. The number of carbonyl (C=O) groups is 3. The van der Waals surface area contributed by atoms with Gasteiger partial charge in [0.2, 0.25) is 5.91 Å². The number of hydrogen-bond donors (Lipinski definition) is 2. The van der Waals surface area contributed by atoms with Crippen LogP contribution < -0.4 is 15.5 Å². The Morgan fingerprint density at radius 3 is 2.84 bits per heavy atom. The summed E-state index contributed by atoms with van der Waals surface area (Å²) in [5, 5.41) is 9.45. The zero-order valence-corrected chi connectivity index (χ0v) is 16.7. The molecule has 0 aliphatic carbocycles. The fraction of sp³-hybridized carbons (Fsp3) is 0.286. The number of imidazole rings is 1. The number of carbonyl (C=O) groups excluding carboxylic acids is 3. The zero-order valence-electron chi connectivity index (χ0n) is 16.7. The number of urea groups is 1. The smallest absolute Gasteiger partial charge is 0.337 e. The van der Waals surface area contributed by atoms with Gasteiger partial charge >= 0.3 is 12.0 Å². The highest BCUT2D eigenvalue weighted by Gasteiger charge is 2.33. The number of ether oxygens (including phenoxy) is 1. The van der Waals surface area contributed by atoms with Crippen molar-refractivity contribution < 1.29 is 19.1 Å². The van der Waals surface area contributed by atoms with Gasteiger partial charge in [-0.15, -0.1) is 0 Å². The molecule has 2 aromatic heterocycles. The number of imide groups is 1. The largest absolute Gasteiger partial charge is 0.465 e. The number of aromatic nitrogens is 3. The summed E-state index contributed by atoms with van der Waals surface area (Å²) in [5.74, 6) is -1.04. The van der Waals surface area contributed by atoms with Crippen molar-refractivity contribution in [1.29, 1.82) is 0 Å². The fourth-order valence-corrected chi connectivity index (χ4v) is 4.01. The summed E-state index contributed by atoms with van der Waals surface area (Å²) < 4.78 is 6.46. The first kappa shape index (κ1) is 19.0. The Kier molecular flexibility index (Phi) is 4.54. The average Bonchev–Trinajstić information content (AvgIpc) is 3.21. The molecule has 2 aliphatic heterocycles. The minimum Gasteiger partial charge on any atom is -0.465 e. The van der Waals surface area contributed by atoms with Crippen LogP contribution in [0.2, 0.25) is 0 Å². The molecule has 31 heavy (non-hydrogen) atoms. The second-order valence-corrected chi connectivity index (χ2v) is 7.62. The van der Waals surface area contributed by atoms with Crippen LogP contribution in [-0.4, -0.2) is 59.2 Å². The summed E-state index contributed by atoms with van der Waals surface area (Å²) in [4.78, 5) is 42.1. The molecule has 1 unspecified atom stereocenters. The Balaban J connectivity index is 1.40. The maximum atomic E-state index is 12.3. The van der Waals surface area contributed by atoms with E-state index in [0.717, 1.165) is 24.3 Å². The van der Waals surface area contributed by atoms with Crippen LogP contribution in [0.15, 0.2) is 42.7 Å². The van der Waals surface area contributed by atoms with Gasteiger partial charge in [0, 0.05) is 37.9 Å². The first-order valence-corrected chi connectivity index (χ1v) is 9.89. The molecule has 10 nitrogen and oxygen atoms in total.